The predicted octanol–water partition coefficient (Wildman–Crippen LogP) is 2.98. The Hall–Kier alpha value is -2.14. The zero-order valence-corrected chi connectivity index (χ0v) is 12.2. The Morgan fingerprint density at radius 1 is 1.05 bits per heavy atom. The summed E-state index contributed by atoms with van der Waals surface area (Å²) in [6.45, 7) is 2.01. The van der Waals surface area contributed by atoms with E-state index in [0.717, 1.165) is 18.9 Å². The van der Waals surface area contributed by atoms with Crippen LogP contribution in [0.4, 0.5) is 11.5 Å². The number of anilines is 2. The molecule has 1 aromatic heterocycles. The summed E-state index contributed by atoms with van der Waals surface area (Å²) in [5, 5.41) is 11.5. The number of nitrogens with one attached hydrogen (secondary N) is 1. The number of rotatable bonds is 3. The number of nitrogens with zero attached hydrogens (tertiary/aromatic N) is 3. The predicted molar refractivity (Wildman–Crippen MR) is 82.9 cm³/mol. The van der Waals surface area contributed by atoms with Crippen LogP contribution >= 0.6 is 11.6 Å². The SMILES string of the molecule is O=C(Nc1ccc(Cl)cc1)c1ccc(N2CCCC2)nn1. The standard InChI is InChI=1S/C15H15ClN4O/c16-11-3-5-12(6-4-11)17-15(21)13-7-8-14(19-18-13)20-9-1-2-10-20/h3-8H,1-2,9-10H2,(H,17,21). The zero-order chi connectivity index (χ0) is 14.7. The fourth-order valence-electron chi connectivity index (χ4n) is 2.29. The van der Waals surface area contributed by atoms with Gasteiger partial charge in [0.1, 0.15) is 0 Å². The average Bonchev–Trinajstić information content (AvgIpc) is 3.04. The smallest absolute Gasteiger partial charge is 0.276 e. The van der Waals surface area contributed by atoms with Crippen LogP contribution in [0, 0.1) is 0 Å². The lowest BCUT2D eigenvalue weighted by atomic mass is 10.3. The molecule has 6 heteroatoms. The second-order valence-electron chi connectivity index (χ2n) is 4.93. The summed E-state index contributed by atoms with van der Waals surface area (Å²) in [6.07, 6.45) is 2.36. The topological polar surface area (TPSA) is 58.1 Å². The molecule has 1 saturated heterocycles. The van der Waals surface area contributed by atoms with Gasteiger partial charge in [-0.3, -0.25) is 4.79 Å². The molecule has 1 aromatic carbocycles. The molecule has 2 aromatic rings. The fraction of sp³-hybridized carbons (Fsp3) is 0.267. The first-order chi connectivity index (χ1) is 10.2. The molecule has 21 heavy (non-hydrogen) atoms. The second-order valence-corrected chi connectivity index (χ2v) is 5.37. The Balaban J connectivity index is 1.68. The van der Waals surface area contributed by atoms with E-state index in [2.05, 4.69) is 20.4 Å². The Kier molecular flexibility index (Phi) is 4.01. The van der Waals surface area contributed by atoms with Crippen LogP contribution in [0.5, 0.6) is 0 Å². The van der Waals surface area contributed by atoms with Crippen molar-refractivity contribution in [3.63, 3.8) is 0 Å². The Morgan fingerprint density at radius 3 is 2.38 bits per heavy atom. The quantitative estimate of drug-likeness (QED) is 0.947. The molecule has 0 aliphatic carbocycles. The van der Waals surface area contributed by atoms with Crippen molar-refractivity contribution in [3.05, 3.63) is 47.1 Å². The molecular formula is C15H15ClN4O. The number of amides is 1. The van der Waals surface area contributed by atoms with Crippen LogP contribution in [0.3, 0.4) is 0 Å². The summed E-state index contributed by atoms with van der Waals surface area (Å²) in [7, 11) is 0. The number of aromatic nitrogens is 2. The molecule has 0 unspecified atom stereocenters. The summed E-state index contributed by atoms with van der Waals surface area (Å²) >= 11 is 5.81. The van der Waals surface area contributed by atoms with Gasteiger partial charge in [0.15, 0.2) is 11.5 Å². The normalized spacial score (nSPS) is 14.2. The molecule has 1 fully saturated rings. The van der Waals surface area contributed by atoms with Gasteiger partial charge in [-0.1, -0.05) is 11.6 Å². The van der Waals surface area contributed by atoms with Gasteiger partial charge in [0, 0.05) is 23.8 Å². The highest BCUT2D eigenvalue weighted by Crippen LogP contribution is 2.17. The fourth-order valence-corrected chi connectivity index (χ4v) is 2.42. The van der Waals surface area contributed by atoms with Gasteiger partial charge in [-0.25, -0.2) is 0 Å². The lowest BCUT2D eigenvalue weighted by Gasteiger charge is -2.15. The third-order valence-electron chi connectivity index (χ3n) is 3.42. The molecule has 3 rings (SSSR count). The maximum Gasteiger partial charge on any atom is 0.276 e. The molecule has 0 bridgehead atoms. The van der Waals surface area contributed by atoms with Crippen LogP contribution in [0.15, 0.2) is 36.4 Å². The van der Waals surface area contributed by atoms with Crippen molar-refractivity contribution in [2.45, 2.75) is 12.8 Å². The van der Waals surface area contributed by atoms with E-state index >= 15 is 0 Å². The number of halogens is 1. The molecule has 0 saturated carbocycles. The van der Waals surface area contributed by atoms with Gasteiger partial charge >= 0.3 is 0 Å². The van der Waals surface area contributed by atoms with Crippen molar-refractivity contribution in [1.29, 1.82) is 0 Å². The lowest BCUT2D eigenvalue weighted by molar-refractivity contribution is 0.102. The van der Waals surface area contributed by atoms with E-state index in [9.17, 15) is 4.79 Å². The monoisotopic (exact) mass is 302 g/mol. The summed E-state index contributed by atoms with van der Waals surface area (Å²) in [5.41, 5.74) is 0.975. The molecule has 5 nitrogen and oxygen atoms in total. The highest BCUT2D eigenvalue weighted by Gasteiger charge is 2.15. The number of benzene rings is 1. The van der Waals surface area contributed by atoms with Gasteiger partial charge < -0.3 is 10.2 Å². The number of hydrogen-bond donors (Lipinski definition) is 1. The third-order valence-corrected chi connectivity index (χ3v) is 3.67. The van der Waals surface area contributed by atoms with Gasteiger partial charge in [0.05, 0.1) is 0 Å². The Morgan fingerprint density at radius 2 is 1.76 bits per heavy atom. The molecule has 1 N–H and O–H groups in total. The van der Waals surface area contributed by atoms with E-state index in [-0.39, 0.29) is 5.91 Å². The zero-order valence-electron chi connectivity index (χ0n) is 11.4. The van der Waals surface area contributed by atoms with Gasteiger partial charge in [0.25, 0.3) is 5.91 Å². The maximum absolute atomic E-state index is 12.1. The number of hydrogen-bond acceptors (Lipinski definition) is 4. The molecule has 1 amide bonds. The van der Waals surface area contributed by atoms with Crippen molar-refractivity contribution in [2.75, 3.05) is 23.3 Å². The van der Waals surface area contributed by atoms with E-state index in [1.54, 1.807) is 30.3 Å². The average molecular weight is 303 g/mol. The molecule has 0 atom stereocenters. The van der Waals surface area contributed by atoms with Crippen LogP contribution in [0.25, 0.3) is 0 Å². The third kappa shape index (κ3) is 3.31. The van der Waals surface area contributed by atoms with E-state index in [1.165, 1.54) is 12.8 Å². The minimum Gasteiger partial charge on any atom is -0.355 e. The molecule has 2 heterocycles. The van der Waals surface area contributed by atoms with Crippen molar-refractivity contribution in [3.8, 4) is 0 Å². The van der Waals surface area contributed by atoms with Crippen molar-refractivity contribution < 1.29 is 4.79 Å². The summed E-state index contributed by atoms with van der Waals surface area (Å²) in [5.74, 6) is 0.549. The van der Waals surface area contributed by atoms with Crippen molar-refractivity contribution in [1.82, 2.24) is 10.2 Å². The van der Waals surface area contributed by atoms with Crippen LogP contribution in [0.1, 0.15) is 23.3 Å². The van der Waals surface area contributed by atoms with E-state index in [0.29, 0.717) is 16.4 Å². The van der Waals surface area contributed by atoms with Crippen LogP contribution in [-0.4, -0.2) is 29.2 Å². The van der Waals surface area contributed by atoms with Crippen LogP contribution in [-0.2, 0) is 0 Å². The van der Waals surface area contributed by atoms with Crippen molar-refractivity contribution >= 4 is 29.0 Å². The minimum absolute atomic E-state index is 0.280. The first-order valence-electron chi connectivity index (χ1n) is 6.88. The summed E-state index contributed by atoms with van der Waals surface area (Å²) < 4.78 is 0. The van der Waals surface area contributed by atoms with E-state index in [4.69, 9.17) is 11.6 Å². The molecule has 1 aliphatic rings. The Labute approximate surface area is 127 Å². The number of carbonyl (C=O) groups excluding carboxylic acids is 1. The summed E-state index contributed by atoms with van der Waals surface area (Å²) in [6, 6.07) is 10.5. The second kappa shape index (κ2) is 6.10. The van der Waals surface area contributed by atoms with Gasteiger partial charge in [-0.05, 0) is 49.2 Å². The first kappa shape index (κ1) is 13.8. The molecular weight excluding hydrogens is 288 g/mol. The van der Waals surface area contributed by atoms with E-state index in [1.807, 2.05) is 6.07 Å². The van der Waals surface area contributed by atoms with Gasteiger partial charge in [-0.15, -0.1) is 10.2 Å². The number of carbonyl (C=O) groups is 1. The highest BCUT2D eigenvalue weighted by molar-refractivity contribution is 6.30. The lowest BCUT2D eigenvalue weighted by Crippen LogP contribution is -2.20. The summed E-state index contributed by atoms with van der Waals surface area (Å²) in [4.78, 5) is 14.2. The molecule has 108 valence electrons. The van der Waals surface area contributed by atoms with Crippen LogP contribution < -0.4 is 10.2 Å². The van der Waals surface area contributed by atoms with Crippen molar-refractivity contribution in [2.24, 2.45) is 0 Å². The molecule has 1 aliphatic heterocycles. The van der Waals surface area contributed by atoms with E-state index < -0.39 is 0 Å². The highest BCUT2D eigenvalue weighted by atomic mass is 35.5. The largest absolute Gasteiger partial charge is 0.355 e. The molecule has 0 radical (unpaired) electrons. The van der Waals surface area contributed by atoms with Crippen LogP contribution in [0.2, 0.25) is 5.02 Å². The molecule has 0 spiro atoms. The minimum atomic E-state index is -0.280. The Bertz CT molecular complexity index is 621. The first-order valence-corrected chi connectivity index (χ1v) is 7.26. The van der Waals surface area contributed by atoms with Gasteiger partial charge in [-0.2, -0.15) is 0 Å². The van der Waals surface area contributed by atoms with Gasteiger partial charge in [0.2, 0.25) is 0 Å². The maximum atomic E-state index is 12.1.